The molecular formula is C15H8F3NO. The fourth-order valence-electron chi connectivity index (χ4n) is 1.83. The van der Waals surface area contributed by atoms with Crippen molar-refractivity contribution in [2.45, 2.75) is 5.92 Å². The summed E-state index contributed by atoms with van der Waals surface area (Å²) in [6, 6.07) is 8.94. The zero-order valence-electron chi connectivity index (χ0n) is 10.1. The van der Waals surface area contributed by atoms with E-state index in [-0.39, 0.29) is 11.1 Å². The number of ketones is 1. The maximum absolute atomic E-state index is 13.1. The van der Waals surface area contributed by atoms with E-state index >= 15 is 0 Å². The van der Waals surface area contributed by atoms with Crippen LogP contribution in [0.2, 0.25) is 0 Å². The van der Waals surface area contributed by atoms with Crippen molar-refractivity contribution in [3.8, 4) is 6.07 Å². The molecule has 0 saturated heterocycles. The Balaban J connectivity index is 2.42. The average molecular weight is 275 g/mol. The molecule has 1 atom stereocenters. The smallest absolute Gasteiger partial charge is 0.184 e. The first-order valence-corrected chi connectivity index (χ1v) is 5.66. The van der Waals surface area contributed by atoms with Crippen molar-refractivity contribution in [3.05, 3.63) is 71.0 Å². The topological polar surface area (TPSA) is 40.9 Å². The van der Waals surface area contributed by atoms with Gasteiger partial charge in [-0.15, -0.1) is 0 Å². The van der Waals surface area contributed by atoms with Crippen molar-refractivity contribution < 1.29 is 18.0 Å². The molecule has 1 unspecified atom stereocenters. The summed E-state index contributed by atoms with van der Waals surface area (Å²) in [5.41, 5.74) is -0.125. The number of nitriles is 1. The Hall–Kier alpha value is -2.61. The monoisotopic (exact) mass is 275 g/mol. The Morgan fingerprint density at radius 2 is 1.65 bits per heavy atom. The second-order valence-corrected chi connectivity index (χ2v) is 4.14. The minimum Gasteiger partial charge on any atom is -0.292 e. The number of hydrogen-bond acceptors (Lipinski definition) is 2. The number of carbonyl (C=O) groups is 1. The van der Waals surface area contributed by atoms with E-state index in [2.05, 4.69) is 0 Å². The summed E-state index contributed by atoms with van der Waals surface area (Å²) >= 11 is 0. The van der Waals surface area contributed by atoms with Crippen LogP contribution in [0.1, 0.15) is 21.8 Å². The predicted molar refractivity (Wildman–Crippen MR) is 65.4 cm³/mol. The van der Waals surface area contributed by atoms with E-state index in [4.69, 9.17) is 5.26 Å². The second kappa shape index (κ2) is 5.57. The van der Waals surface area contributed by atoms with Crippen molar-refractivity contribution in [1.29, 1.82) is 5.26 Å². The van der Waals surface area contributed by atoms with E-state index in [0.717, 1.165) is 24.3 Å². The highest BCUT2D eigenvalue weighted by atomic mass is 19.1. The first kappa shape index (κ1) is 13.8. The second-order valence-electron chi connectivity index (χ2n) is 4.14. The molecule has 0 N–H and O–H groups in total. The zero-order valence-corrected chi connectivity index (χ0v) is 10.1. The minimum absolute atomic E-state index is 0.0266. The highest BCUT2D eigenvalue weighted by molar-refractivity contribution is 6.02. The van der Waals surface area contributed by atoms with Crippen molar-refractivity contribution >= 4 is 5.78 Å². The fourth-order valence-corrected chi connectivity index (χ4v) is 1.83. The van der Waals surface area contributed by atoms with Gasteiger partial charge in [0, 0.05) is 11.6 Å². The van der Waals surface area contributed by atoms with Gasteiger partial charge in [0.25, 0.3) is 0 Å². The Kier molecular flexibility index (Phi) is 3.85. The van der Waals surface area contributed by atoms with Crippen LogP contribution in [0.15, 0.2) is 42.5 Å². The molecule has 0 amide bonds. The molecule has 5 heteroatoms. The molecule has 2 aromatic carbocycles. The molecule has 0 radical (unpaired) electrons. The molecule has 0 aliphatic carbocycles. The first-order chi connectivity index (χ1) is 9.51. The Bertz CT molecular complexity index is 686. The summed E-state index contributed by atoms with van der Waals surface area (Å²) in [5, 5.41) is 9.05. The van der Waals surface area contributed by atoms with Gasteiger partial charge >= 0.3 is 0 Å². The van der Waals surface area contributed by atoms with E-state index in [9.17, 15) is 18.0 Å². The lowest BCUT2D eigenvalue weighted by Crippen LogP contribution is -2.12. The van der Waals surface area contributed by atoms with E-state index in [0.29, 0.717) is 6.07 Å². The van der Waals surface area contributed by atoms with Crippen molar-refractivity contribution in [2.75, 3.05) is 0 Å². The molecular weight excluding hydrogens is 267 g/mol. The average Bonchev–Trinajstić information content (AvgIpc) is 2.38. The molecule has 0 fully saturated rings. The van der Waals surface area contributed by atoms with Gasteiger partial charge in [0.1, 0.15) is 23.4 Å². The Labute approximate surface area is 113 Å². The van der Waals surface area contributed by atoms with E-state index in [1.165, 1.54) is 12.1 Å². The molecule has 2 nitrogen and oxygen atoms in total. The number of carbonyl (C=O) groups excluding carboxylic acids is 1. The largest absolute Gasteiger partial charge is 0.292 e. The lowest BCUT2D eigenvalue weighted by molar-refractivity contribution is 0.0978. The minimum atomic E-state index is -1.39. The van der Waals surface area contributed by atoms with Gasteiger partial charge in [-0.25, -0.2) is 13.2 Å². The van der Waals surface area contributed by atoms with Crippen LogP contribution in [0.5, 0.6) is 0 Å². The number of hydrogen-bond donors (Lipinski definition) is 0. The highest BCUT2D eigenvalue weighted by Gasteiger charge is 2.23. The lowest BCUT2D eigenvalue weighted by Gasteiger charge is -2.09. The van der Waals surface area contributed by atoms with Crippen LogP contribution in [0.4, 0.5) is 13.2 Å². The summed E-state index contributed by atoms with van der Waals surface area (Å²) in [4.78, 5) is 12.1. The van der Waals surface area contributed by atoms with Crippen LogP contribution in [0, 0.1) is 28.8 Å². The Morgan fingerprint density at radius 3 is 2.20 bits per heavy atom. The first-order valence-electron chi connectivity index (χ1n) is 5.66. The maximum Gasteiger partial charge on any atom is 0.184 e. The number of nitrogens with zero attached hydrogens (tertiary/aromatic N) is 1. The van der Waals surface area contributed by atoms with Crippen molar-refractivity contribution in [3.63, 3.8) is 0 Å². The molecule has 0 aromatic heterocycles. The van der Waals surface area contributed by atoms with Crippen LogP contribution >= 0.6 is 0 Å². The van der Waals surface area contributed by atoms with Crippen LogP contribution < -0.4 is 0 Å². The zero-order chi connectivity index (χ0) is 14.7. The lowest BCUT2D eigenvalue weighted by atomic mass is 9.91. The van der Waals surface area contributed by atoms with Gasteiger partial charge in [0.05, 0.1) is 6.07 Å². The number of halogens is 3. The maximum atomic E-state index is 13.1. The van der Waals surface area contributed by atoms with Crippen LogP contribution in [0.3, 0.4) is 0 Å². The molecule has 0 bridgehead atoms. The molecule has 20 heavy (non-hydrogen) atoms. The number of Topliss-reactive ketones (excluding diaryl/α,β-unsaturated/α-hetero) is 1. The van der Waals surface area contributed by atoms with Gasteiger partial charge in [0.2, 0.25) is 0 Å². The standard InChI is InChI=1S/C15H8F3NO/c16-11-3-1-2-9(4-11)15(20)14(8-19)10-5-12(17)7-13(18)6-10/h1-7,14H. The van der Waals surface area contributed by atoms with Crippen LogP contribution in [-0.4, -0.2) is 5.78 Å². The van der Waals surface area contributed by atoms with Gasteiger partial charge in [-0.2, -0.15) is 5.26 Å². The molecule has 100 valence electrons. The van der Waals surface area contributed by atoms with Crippen molar-refractivity contribution in [2.24, 2.45) is 0 Å². The van der Waals surface area contributed by atoms with Crippen LogP contribution in [0.25, 0.3) is 0 Å². The molecule has 0 aliphatic heterocycles. The summed E-state index contributed by atoms with van der Waals surface area (Å²) in [5.74, 6) is -4.49. The summed E-state index contributed by atoms with van der Waals surface area (Å²) < 4.78 is 39.3. The summed E-state index contributed by atoms with van der Waals surface area (Å²) in [7, 11) is 0. The van der Waals surface area contributed by atoms with Gasteiger partial charge in [-0.3, -0.25) is 4.79 Å². The third kappa shape index (κ3) is 2.86. The summed E-state index contributed by atoms with van der Waals surface area (Å²) in [6.45, 7) is 0. The third-order valence-corrected chi connectivity index (χ3v) is 2.72. The fraction of sp³-hybridized carbons (Fsp3) is 0.0667. The van der Waals surface area contributed by atoms with Gasteiger partial charge in [-0.1, -0.05) is 12.1 Å². The van der Waals surface area contributed by atoms with Crippen LogP contribution in [-0.2, 0) is 0 Å². The normalized spacial score (nSPS) is 11.7. The van der Waals surface area contributed by atoms with Gasteiger partial charge in [-0.05, 0) is 29.8 Å². The van der Waals surface area contributed by atoms with E-state index < -0.39 is 29.2 Å². The highest BCUT2D eigenvalue weighted by Crippen LogP contribution is 2.22. The molecule has 2 aromatic rings. The van der Waals surface area contributed by atoms with E-state index in [1.807, 2.05) is 0 Å². The molecule has 0 spiro atoms. The third-order valence-electron chi connectivity index (χ3n) is 2.72. The molecule has 0 aliphatic rings. The van der Waals surface area contributed by atoms with Gasteiger partial charge < -0.3 is 0 Å². The van der Waals surface area contributed by atoms with Crippen molar-refractivity contribution in [1.82, 2.24) is 0 Å². The molecule has 0 heterocycles. The van der Waals surface area contributed by atoms with Gasteiger partial charge in [0.15, 0.2) is 5.78 Å². The Morgan fingerprint density at radius 1 is 1.00 bits per heavy atom. The molecule has 0 saturated carbocycles. The predicted octanol–water partition coefficient (Wildman–Crippen LogP) is 3.59. The SMILES string of the molecule is N#CC(C(=O)c1cccc(F)c1)c1cc(F)cc(F)c1. The quantitative estimate of drug-likeness (QED) is 0.803. The summed E-state index contributed by atoms with van der Waals surface area (Å²) in [6.07, 6.45) is 0. The number of rotatable bonds is 3. The number of benzene rings is 2. The molecule has 2 rings (SSSR count). The van der Waals surface area contributed by atoms with E-state index in [1.54, 1.807) is 6.07 Å².